The Morgan fingerprint density at radius 1 is 1.38 bits per heavy atom. The summed E-state index contributed by atoms with van der Waals surface area (Å²) in [5, 5.41) is 13.1. The summed E-state index contributed by atoms with van der Waals surface area (Å²) >= 11 is 0. The van der Waals surface area contributed by atoms with Crippen LogP contribution in [0.5, 0.6) is 0 Å². The average molecular weight is 229 g/mol. The molecule has 2 N–H and O–H groups in total. The standard InChI is InChI=1S/C13H27NO2/c1-2-16-9-5-8-14-11-13(15)10-12-6-3-4-7-12/h12-15H,2-11H2,1H3. The number of nitrogens with one attached hydrogen (secondary N) is 1. The van der Waals surface area contributed by atoms with Crippen LogP contribution in [0.1, 0.15) is 45.4 Å². The Hall–Kier alpha value is -0.120. The molecule has 96 valence electrons. The number of aliphatic hydroxyl groups is 1. The lowest BCUT2D eigenvalue weighted by atomic mass is 10.0. The summed E-state index contributed by atoms with van der Waals surface area (Å²) < 4.78 is 5.25. The number of rotatable bonds is 9. The van der Waals surface area contributed by atoms with Crippen molar-refractivity contribution in [3.63, 3.8) is 0 Å². The first-order valence-corrected chi connectivity index (χ1v) is 6.79. The van der Waals surface area contributed by atoms with Gasteiger partial charge < -0.3 is 15.2 Å². The molecule has 0 aromatic carbocycles. The highest BCUT2D eigenvalue weighted by Crippen LogP contribution is 2.28. The summed E-state index contributed by atoms with van der Waals surface area (Å²) in [6, 6.07) is 0. The van der Waals surface area contributed by atoms with Gasteiger partial charge in [0.2, 0.25) is 0 Å². The molecule has 0 aliphatic heterocycles. The zero-order valence-electron chi connectivity index (χ0n) is 10.6. The summed E-state index contributed by atoms with van der Waals surface area (Å²) in [6.07, 6.45) is 7.22. The molecule has 0 saturated heterocycles. The highest BCUT2D eigenvalue weighted by molar-refractivity contribution is 4.72. The monoisotopic (exact) mass is 229 g/mol. The van der Waals surface area contributed by atoms with Crippen molar-refractivity contribution >= 4 is 0 Å². The first-order valence-electron chi connectivity index (χ1n) is 6.79. The molecular formula is C13H27NO2. The third-order valence-corrected chi connectivity index (χ3v) is 3.31. The fraction of sp³-hybridized carbons (Fsp3) is 1.00. The van der Waals surface area contributed by atoms with E-state index in [0.29, 0.717) is 0 Å². The van der Waals surface area contributed by atoms with E-state index in [-0.39, 0.29) is 6.10 Å². The molecule has 0 heterocycles. The zero-order chi connectivity index (χ0) is 11.6. The minimum absolute atomic E-state index is 0.157. The lowest BCUT2D eigenvalue weighted by molar-refractivity contribution is 0.131. The molecule has 0 bridgehead atoms. The first kappa shape index (κ1) is 13.9. The van der Waals surface area contributed by atoms with Gasteiger partial charge in [-0.25, -0.2) is 0 Å². The van der Waals surface area contributed by atoms with Crippen molar-refractivity contribution in [2.24, 2.45) is 5.92 Å². The number of ether oxygens (including phenoxy) is 1. The lowest BCUT2D eigenvalue weighted by Crippen LogP contribution is -2.29. The zero-order valence-corrected chi connectivity index (χ0v) is 10.6. The van der Waals surface area contributed by atoms with Gasteiger partial charge in [-0.2, -0.15) is 0 Å². The van der Waals surface area contributed by atoms with Crippen LogP contribution < -0.4 is 5.32 Å². The van der Waals surface area contributed by atoms with Gasteiger partial charge in [0.1, 0.15) is 0 Å². The van der Waals surface area contributed by atoms with Crippen LogP contribution in [0.2, 0.25) is 0 Å². The second kappa shape index (κ2) is 8.97. The highest BCUT2D eigenvalue weighted by Gasteiger charge is 2.18. The molecular weight excluding hydrogens is 202 g/mol. The van der Waals surface area contributed by atoms with E-state index < -0.39 is 0 Å². The molecule has 16 heavy (non-hydrogen) atoms. The van der Waals surface area contributed by atoms with Crippen molar-refractivity contribution in [2.45, 2.75) is 51.6 Å². The molecule has 1 unspecified atom stereocenters. The van der Waals surface area contributed by atoms with E-state index in [2.05, 4.69) is 5.32 Å². The van der Waals surface area contributed by atoms with Crippen LogP contribution in [0.3, 0.4) is 0 Å². The maximum Gasteiger partial charge on any atom is 0.0667 e. The number of hydrogen-bond acceptors (Lipinski definition) is 3. The van der Waals surface area contributed by atoms with E-state index in [9.17, 15) is 5.11 Å². The van der Waals surface area contributed by atoms with Crippen molar-refractivity contribution in [3.05, 3.63) is 0 Å². The molecule has 1 aliphatic carbocycles. The molecule has 0 amide bonds. The molecule has 1 rings (SSSR count). The van der Waals surface area contributed by atoms with Crippen molar-refractivity contribution in [2.75, 3.05) is 26.3 Å². The van der Waals surface area contributed by atoms with Crippen LogP contribution in [0.15, 0.2) is 0 Å². The van der Waals surface area contributed by atoms with Crippen LogP contribution in [0, 0.1) is 5.92 Å². The quantitative estimate of drug-likeness (QED) is 0.594. The van der Waals surface area contributed by atoms with Crippen LogP contribution in [0.4, 0.5) is 0 Å². The first-order chi connectivity index (χ1) is 7.83. The molecule has 1 fully saturated rings. The normalized spacial score (nSPS) is 19.1. The van der Waals surface area contributed by atoms with Gasteiger partial charge >= 0.3 is 0 Å². The van der Waals surface area contributed by atoms with Gasteiger partial charge in [-0.1, -0.05) is 25.7 Å². The van der Waals surface area contributed by atoms with E-state index in [4.69, 9.17) is 4.74 Å². The molecule has 0 spiro atoms. The minimum atomic E-state index is -0.157. The second-order valence-corrected chi connectivity index (χ2v) is 4.79. The fourth-order valence-corrected chi connectivity index (χ4v) is 2.43. The average Bonchev–Trinajstić information content (AvgIpc) is 2.76. The van der Waals surface area contributed by atoms with Gasteiger partial charge in [0, 0.05) is 19.8 Å². The Labute approximate surface area is 99.6 Å². The van der Waals surface area contributed by atoms with Gasteiger partial charge in [0.15, 0.2) is 0 Å². The van der Waals surface area contributed by atoms with E-state index in [1.54, 1.807) is 0 Å². The lowest BCUT2D eigenvalue weighted by Gasteiger charge is -2.15. The molecule has 0 aromatic rings. The van der Waals surface area contributed by atoms with Gasteiger partial charge in [0.05, 0.1) is 6.10 Å². The van der Waals surface area contributed by atoms with E-state index in [1.807, 2.05) is 6.92 Å². The molecule has 1 atom stereocenters. The molecule has 3 heteroatoms. The van der Waals surface area contributed by atoms with Crippen LogP contribution >= 0.6 is 0 Å². The predicted octanol–water partition coefficient (Wildman–Crippen LogP) is 1.94. The minimum Gasteiger partial charge on any atom is -0.392 e. The summed E-state index contributed by atoms with van der Waals surface area (Å²) in [7, 11) is 0. The van der Waals surface area contributed by atoms with Gasteiger partial charge in [-0.3, -0.25) is 0 Å². The molecule has 0 radical (unpaired) electrons. The Bertz CT molecular complexity index is 158. The smallest absolute Gasteiger partial charge is 0.0667 e. The molecule has 1 saturated carbocycles. The van der Waals surface area contributed by atoms with E-state index in [0.717, 1.165) is 45.1 Å². The summed E-state index contributed by atoms with van der Waals surface area (Å²) in [5.41, 5.74) is 0. The van der Waals surface area contributed by atoms with Gasteiger partial charge in [0.25, 0.3) is 0 Å². The highest BCUT2D eigenvalue weighted by atomic mass is 16.5. The molecule has 3 nitrogen and oxygen atoms in total. The largest absolute Gasteiger partial charge is 0.392 e. The third-order valence-electron chi connectivity index (χ3n) is 3.31. The van der Waals surface area contributed by atoms with Gasteiger partial charge in [-0.15, -0.1) is 0 Å². The Kier molecular flexibility index (Phi) is 7.81. The number of aliphatic hydroxyl groups excluding tert-OH is 1. The maximum atomic E-state index is 9.82. The topological polar surface area (TPSA) is 41.5 Å². The Morgan fingerprint density at radius 2 is 2.12 bits per heavy atom. The van der Waals surface area contributed by atoms with Crippen molar-refractivity contribution in [1.82, 2.24) is 5.32 Å². The Balaban J connectivity index is 1.87. The van der Waals surface area contributed by atoms with Crippen LogP contribution in [0.25, 0.3) is 0 Å². The van der Waals surface area contributed by atoms with E-state index >= 15 is 0 Å². The molecule has 1 aliphatic rings. The predicted molar refractivity (Wildman–Crippen MR) is 66.6 cm³/mol. The Morgan fingerprint density at radius 3 is 2.81 bits per heavy atom. The molecule has 0 aromatic heterocycles. The van der Waals surface area contributed by atoms with Crippen molar-refractivity contribution in [1.29, 1.82) is 0 Å². The van der Waals surface area contributed by atoms with Crippen molar-refractivity contribution < 1.29 is 9.84 Å². The summed E-state index contributed by atoms with van der Waals surface area (Å²) in [6.45, 7) is 5.32. The summed E-state index contributed by atoms with van der Waals surface area (Å²) in [5.74, 6) is 0.778. The van der Waals surface area contributed by atoms with Crippen molar-refractivity contribution in [3.8, 4) is 0 Å². The summed E-state index contributed by atoms with van der Waals surface area (Å²) in [4.78, 5) is 0. The third kappa shape index (κ3) is 6.46. The maximum absolute atomic E-state index is 9.82. The van der Waals surface area contributed by atoms with Crippen LogP contribution in [-0.2, 0) is 4.74 Å². The SMILES string of the molecule is CCOCCCNCC(O)CC1CCCC1. The van der Waals surface area contributed by atoms with Gasteiger partial charge in [-0.05, 0) is 32.2 Å². The fourth-order valence-electron chi connectivity index (χ4n) is 2.43. The van der Waals surface area contributed by atoms with E-state index in [1.165, 1.54) is 25.7 Å². The van der Waals surface area contributed by atoms with Crippen LogP contribution in [-0.4, -0.2) is 37.5 Å². The number of hydrogen-bond donors (Lipinski definition) is 2. The second-order valence-electron chi connectivity index (χ2n) is 4.79.